The molecule has 0 saturated carbocycles. The van der Waals surface area contributed by atoms with E-state index in [4.69, 9.17) is 18.9 Å². The minimum absolute atomic E-state index is 0.0560. The lowest BCUT2D eigenvalue weighted by Gasteiger charge is -2.49. The van der Waals surface area contributed by atoms with Crippen LogP contribution in [-0.4, -0.2) is 37.2 Å². The number of carbonyl (C=O) groups excluding carboxylic acids is 1. The van der Waals surface area contributed by atoms with Gasteiger partial charge < -0.3 is 18.9 Å². The van der Waals surface area contributed by atoms with Crippen LogP contribution in [0, 0.1) is 18.8 Å². The second-order valence-electron chi connectivity index (χ2n) is 11.5. The van der Waals surface area contributed by atoms with E-state index in [-0.39, 0.29) is 24.3 Å². The molecule has 3 heterocycles. The van der Waals surface area contributed by atoms with Crippen molar-refractivity contribution in [1.29, 1.82) is 0 Å². The number of rotatable bonds is 1. The number of aryl methyl sites for hydroxylation is 1. The molecule has 3 aliphatic rings. The van der Waals surface area contributed by atoms with Gasteiger partial charge >= 0.3 is 5.97 Å². The number of hydrogen-bond donors (Lipinski definition) is 0. The van der Waals surface area contributed by atoms with Crippen molar-refractivity contribution >= 4 is 11.5 Å². The number of esters is 1. The third kappa shape index (κ3) is 6.56. The summed E-state index contributed by atoms with van der Waals surface area (Å²) in [5.74, 6) is 0.647. The van der Waals surface area contributed by atoms with Crippen LogP contribution in [0.4, 0.5) is 0 Å². The van der Waals surface area contributed by atoms with Crippen molar-refractivity contribution in [2.75, 3.05) is 7.11 Å². The molecule has 5 heteroatoms. The maximum Gasteiger partial charge on any atom is 0.339 e. The molecule has 2 bridgehead atoms. The van der Waals surface area contributed by atoms with Gasteiger partial charge in [0.1, 0.15) is 11.9 Å². The molecule has 0 radical (unpaired) electrons. The fourth-order valence-electron chi connectivity index (χ4n) is 5.88. The van der Waals surface area contributed by atoms with E-state index in [0.717, 1.165) is 48.1 Å². The molecule has 1 spiro atoms. The monoisotopic (exact) mass is 508 g/mol. The Morgan fingerprint density at radius 2 is 1.81 bits per heavy atom. The maximum absolute atomic E-state index is 13.7. The van der Waals surface area contributed by atoms with Crippen LogP contribution in [0.2, 0.25) is 0 Å². The second-order valence-corrected chi connectivity index (χ2v) is 11.5. The highest BCUT2D eigenvalue weighted by atomic mass is 16.7. The molecule has 0 amide bonds. The van der Waals surface area contributed by atoms with Gasteiger partial charge in [0.05, 0.1) is 24.9 Å². The minimum Gasteiger partial charge on any atom is -0.496 e. The van der Waals surface area contributed by atoms with Crippen LogP contribution in [0.1, 0.15) is 94.6 Å². The summed E-state index contributed by atoms with van der Waals surface area (Å²) in [6.45, 7) is 12.8. The first kappa shape index (κ1) is 27.7. The number of carbonyl (C=O) groups is 1. The van der Waals surface area contributed by atoms with Crippen LogP contribution in [0.15, 0.2) is 42.0 Å². The van der Waals surface area contributed by atoms with E-state index >= 15 is 0 Å². The Kier molecular flexibility index (Phi) is 8.65. The lowest BCUT2D eigenvalue weighted by atomic mass is 9.86. The zero-order chi connectivity index (χ0) is 26.7. The Balaban J connectivity index is 1.73. The first-order valence-corrected chi connectivity index (χ1v) is 13.9. The van der Waals surface area contributed by atoms with Crippen molar-refractivity contribution in [1.82, 2.24) is 0 Å². The summed E-state index contributed by atoms with van der Waals surface area (Å²) in [6.07, 6.45) is 13.3. The second kappa shape index (κ2) is 11.6. The molecule has 1 aromatic carbocycles. The third-order valence-corrected chi connectivity index (χ3v) is 8.24. The summed E-state index contributed by atoms with van der Waals surface area (Å²) < 4.78 is 25.0. The van der Waals surface area contributed by atoms with Crippen LogP contribution in [-0.2, 0) is 14.2 Å². The van der Waals surface area contributed by atoms with E-state index < -0.39 is 5.79 Å². The van der Waals surface area contributed by atoms with Gasteiger partial charge in [-0.1, -0.05) is 43.7 Å². The van der Waals surface area contributed by atoms with Crippen LogP contribution < -0.4 is 4.74 Å². The molecule has 37 heavy (non-hydrogen) atoms. The van der Waals surface area contributed by atoms with Crippen molar-refractivity contribution in [3.63, 3.8) is 0 Å². The highest BCUT2D eigenvalue weighted by Gasteiger charge is 2.47. The molecule has 5 nitrogen and oxygen atoms in total. The fourth-order valence-corrected chi connectivity index (χ4v) is 5.88. The lowest BCUT2D eigenvalue weighted by molar-refractivity contribution is -0.331. The summed E-state index contributed by atoms with van der Waals surface area (Å²) in [7, 11) is 1.66. The SMILES string of the molecule is COc1cc2c(cc1C)C(=O)O[C@H]1C[C@@H](C/C=C(\C)C[C@@H](C)/C=C/C=C/2C)O[C@@]2(CC[C@H](C)[C@@H](C)O2)C1. The molecule has 0 unspecified atom stereocenters. The number of benzene rings is 1. The summed E-state index contributed by atoms with van der Waals surface area (Å²) >= 11 is 0. The lowest BCUT2D eigenvalue weighted by Crippen LogP contribution is -2.53. The molecular weight excluding hydrogens is 464 g/mol. The summed E-state index contributed by atoms with van der Waals surface area (Å²) in [6, 6.07) is 3.84. The number of fused-ring (bicyclic) bond motifs is 3. The topological polar surface area (TPSA) is 54.0 Å². The average Bonchev–Trinajstić information content (AvgIpc) is 2.84. The Morgan fingerprint density at radius 3 is 2.54 bits per heavy atom. The molecule has 0 aromatic heterocycles. The highest BCUT2D eigenvalue weighted by molar-refractivity contribution is 5.96. The van der Waals surface area contributed by atoms with Crippen molar-refractivity contribution in [2.45, 2.75) is 104 Å². The van der Waals surface area contributed by atoms with E-state index in [2.05, 4.69) is 52.0 Å². The Morgan fingerprint density at radius 1 is 1.03 bits per heavy atom. The standard InChI is InChI=1S/C32H44O5/c1-20-9-8-10-23(4)28-18-30(34-7)24(5)16-29(28)31(33)35-27-17-26(12-11-21(2)15-20)37-32(19-27)14-13-22(3)25(6)36-32/h8-11,16,18,20,22,25-27H,12-15,17,19H2,1-7H3/b9-8+,21-11+,23-10+/t20-,22-,25+,26+,27-,32-/m0/s1. The van der Waals surface area contributed by atoms with Gasteiger partial charge in [0.25, 0.3) is 0 Å². The summed E-state index contributed by atoms with van der Waals surface area (Å²) in [5, 5.41) is 0. The summed E-state index contributed by atoms with van der Waals surface area (Å²) in [4.78, 5) is 13.7. The average molecular weight is 509 g/mol. The van der Waals surface area contributed by atoms with Crippen molar-refractivity contribution in [3.05, 3.63) is 58.7 Å². The van der Waals surface area contributed by atoms with Crippen LogP contribution in [0.3, 0.4) is 0 Å². The quantitative estimate of drug-likeness (QED) is 0.289. The summed E-state index contributed by atoms with van der Waals surface area (Å²) in [5.41, 5.74) is 4.65. The highest BCUT2D eigenvalue weighted by Crippen LogP contribution is 2.43. The van der Waals surface area contributed by atoms with Crippen molar-refractivity contribution in [2.24, 2.45) is 11.8 Å². The van der Waals surface area contributed by atoms with Gasteiger partial charge in [-0.2, -0.15) is 0 Å². The number of ether oxygens (including phenoxy) is 4. The number of allylic oxidation sites excluding steroid dienone is 5. The van der Waals surface area contributed by atoms with Crippen LogP contribution in [0.25, 0.3) is 5.57 Å². The predicted octanol–water partition coefficient (Wildman–Crippen LogP) is 7.58. The minimum atomic E-state index is -0.697. The molecule has 0 aliphatic carbocycles. The van der Waals surface area contributed by atoms with Crippen molar-refractivity contribution < 1.29 is 23.7 Å². The van der Waals surface area contributed by atoms with Gasteiger partial charge in [0, 0.05) is 19.3 Å². The Bertz CT molecular complexity index is 1080. The molecule has 0 N–H and O–H groups in total. The smallest absolute Gasteiger partial charge is 0.339 e. The van der Waals surface area contributed by atoms with Crippen LogP contribution >= 0.6 is 0 Å². The van der Waals surface area contributed by atoms with Gasteiger partial charge in [0.2, 0.25) is 0 Å². The van der Waals surface area contributed by atoms with E-state index in [1.54, 1.807) is 7.11 Å². The van der Waals surface area contributed by atoms with E-state index in [1.807, 2.05) is 26.0 Å². The number of hydrogen-bond acceptors (Lipinski definition) is 5. The van der Waals surface area contributed by atoms with Gasteiger partial charge in [-0.3, -0.25) is 0 Å². The normalized spacial score (nSPS) is 36.9. The molecule has 4 rings (SSSR count). The molecule has 6 atom stereocenters. The van der Waals surface area contributed by atoms with E-state index in [0.29, 0.717) is 30.2 Å². The van der Waals surface area contributed by atoms with E-state index in [9.17, 15) is 4.79 Å². The Labute approximate surface area is 222 Å². The molecular formula is C32H44O5. The van der Waals surface area contributed by atoms with Gasteiger partial charge in [-0.15, -0.1) is 0 Å². The van der Waals surface area contributed by atoms with Crippen LogP contribution in [0.5, 0.6) is 5.75 Å². The molecule has 202 valence electrons. The van der Waals surface area contributed by atoms with Gasteiger partial charge in [-0.25, -0.2) is 4.79 Å². The molecule has 3 aliphatic heterocycles. The molecule has 1 aromatic rings. The Hall–Kier alpha value is -2.37. The third-order valence-electron chi connectivity index (χ3n) is 8.24. The predicted molar refractivity (Wildman–Crippen MR) is 148 cm³/mol. The molecule has 2 saturated heterocycles. The zero-order valence-electron chi connectivity index (χ0n) is 23.6. The van der Waals surface area contributed by atoms with E-state index in [1.165, 1.54) is 5.57 Å². The number of methoxy groups -OCH3 is 1. The van der Waals surface area contributed by atoms with Gasteiger partial charge in [0.15, 0.2) is 5.79 Å². The maximum atomic E-state index is 13.7. The first-order chi connectivity index (χ1) is 17.6. The van der Waals surface area contributed by atoms with Gasteiger partial charge in [-0.05, 0) is 87.6 Å². The first-order valence-electron chi connectivity index (χ1n) is 13.9. The molecule has 2 fully saturated rings. The van der Waals surface area contributed by atoms with Crippen molar-refractivity contribution in [3.8, 4) is 5.75 Å². The zero-order valence-corrected chi connectivity index (χ0v) is 23.6. The largest absolute Gasteiger partial charge is 0.496 e. The fraction of sp³-hybridized carbons (Fsp3) is 0.594.